The third kappa shape index (κ3) is 4.56. The molecule has 1 spiro atoms. The van der Waals surface area contributed by atoms with E-state index in [0.717, 1.165) is 11.1 Å². The number of hydrogen-bond donors (Lipinski definition) is 1. The molecule has 1 fully saturated rings. The number of benzene rings is 2. The Morgan fingerprint density at radius 3 is 2.60 bits per heavy atom. The normalized spacial score (nSPS) is 16.3. The summed E-state index contributed by atoms with van der Waals surface area (Å²) < 4.78 is 12.5. The number of allylic oxidation sites excluding steroid dienone is 1. The van der Waals surface area contributed by atoms with Crippen molar-refractivity contribution >= 4 is 28.7 Å². The van der Waals surface area contributed by atoms with Crippen molar-refractivity contribution in [1.29, 1.82) is 0 Å². The predicted molar refractivity (Wildman–Crippen MR) is 156 cm³/mol. The summed E-state index contributed by atoms with van der Waals surface area (Å²) in [6.07, 6.45) is 3.87. The summed E-state index contributed by atoms with van der Waals surface area (Å²) in [5.74, 6) is -0.117. The van der Waals surface area contributed by atoms with E-state index < -0.39 is 5.97 Å². The lowest BCUT2D eigenvalue weighted by Crippen LogP contribution is -2.47. The van der Waals surface area contributed by atoms with Crippen molar-refractivity contribution in [1.82, 2.24) is 24.6 Å². The van der Waals surface area contributed by atoms with Crippen LogP contribution in [0.3, 0.4) is 0 Å². The number of nitrogens with one attached hydrogen (secondary N) is 1. The molecule has 0 saturated carbocycles. The number of carbonyl (C=O) groups excluding carboxylic acids is 3. The van der Waals surface area contributed by atoms with Crippen molar-refractivity contribution < 1.29 is 23.9 Å². The summed E-state index contributed by atoms with van der Waals surface area (Å²) in [4.78, 5) is 48.3. The molecule has 1 aliphatic carbocycles. The van der Waals surface area contributed by atoms with Crippen molar-refractivity contribution in [2.75, 3.05) is 20.2 Å². The molecule has 6 rings (SSSR count). The molecule has 42 heavy (non-hydrogen) atoms. The van der Waals surface area contributed by atoms with Gasteiger partial charge in [0.25, 0.3) is 11.9 Å². The number of aromatic nitrogens is 4. The number of nitrogens with zero attached hydrogens (tertiary/aromatic N) is 4. The van der Waals surface area contributed by atoms with Crippen LogP contribution in [-0.4, -0.2) is 62.5 Å². The molecule has 216 valence electrons. The van der Waals surface area contributed by atoms with E-state index in [0.29, 0.717) is 71.5 Å². The smallest absolute Gasteiger partial charge is 0.338 e. The van der Waals surface area contributed by atoms with Crippen LogP contribution in [0.15, 0.2) is 54.7 Å². The Hall–Kier alpha value is -4.73. The minimum Gasteiger partial charge on any atom is -0.465 e. The van der Waals surface area contributed by atoms with Gasteiger partial charge in [-0.25, -0.2) is 4.79 Å². The van der Waals surface area contributed by atoms with Crippen LogP contribution in [0.1, 0.15) is 75.1 Å². The molecule has 4 aromatic rings. The maximum Gasteiger partial charge on any atom is 0.338 e. The van der Waals surface area contributed by atoms with Gasteiger partial charge in [0, 0.05) is 41.2 Å². The van der Waals surface area contributed by atoms with Gasteiger partial charge in [0.05, 0.1) is 29.9 Å². The number of carbonyl (C=O) groups is 3. The number of likely N-dealkylation sites (tertiary alicyclic amines) is 1. The van der Waals surface area contributed by atoms with Crippen molar-refractivity contribution in [3.05, 3.63) is 82.7 Å². The molecule has 1 amide bonds. The van der Waals surface area contributed by atoms with Crippen LogP contribution in [0.5, 0.6) is 11.8 Å². The predicted octanol–water partition coefficient (Wildman–Crippen LogP) is 5.45. The minimum absolute atomic E-state index is 0.0305. The molecule has 3 heterocycles. The molecule has 1 saturated heterocycles. The Morgan fingerprint density at radius 1 is 1.12 bits per heavy atom. The molecular formula is C32H33N5O5. The first-order valence-electron chi connectivity index (χ1n) is 14.1. The summed E-state index contributed by atoms with van der Waals surface area (Å²) in [5.41, 5.74) is 4.93. The topological polar surface area (TPSA) is 119 Å². The number of Topliss-reactive ketones (excluding diaryl/α,β-unsaturated/α-hetero) is 1. The minimum atomic E-state index is -0.444. The van der Waals surface area contributed by atoms with Gasteiger partial charge in [-0.05, 0) is 75.9 Å². The van der Waals surface area contributed by atoms with Crippen molar-refractivity contribution in [2.45, 2.75) is 46.1 Å². The van der Waals surface area contributed by atoms with Gasteiger partial charge in [-0.3, -0.25) is 14.3 Å². The largest absolute Gasteiger partial charge is 0.465 e. The molecule has 0 bridgehead atoms. The third-order valence-electron chi connectivity index (χ3n) is 8.56. The van der Waals surface area contributed by atoms with Crippen LogP contribution < -0.4 is 4.74 Å². The van der Waals surface area contributed by atoms with Crippen LogP contribution in [-0.2, 0) is 11.2 Å². The van der Waals surface area contributed by atoms with Crippen molar-refractivity contribution in [2.24, 2.45) is 5.41 Å². The molecular weight excluding hydrogens is 534 g/mol. The van der Waals surface area contributed by atoms with Gasteiger partial charge in [0.15, 0.2) is 0 Å². The number of esters is 1. The van der Waals surface area contributed by atoms with Crippen LogP contribution in [0.2, 0.25) is 0 Å². The average molecular weight is 568 g/mol. The van der Waals surface area contributed by atoms with E-state index in [2.05, 4.69) is 21.6 Å². The summed E-state index contributed by atoms with van der Waals surface area (Å²) in [5, 5.41) is 4.47. The van der Waals surface area contributed by atoms with Gasteiger partial charge >= 0.3 is 5.97 Å². The number of piperidine rings is 1. The number of fused-ring (bicyclic) bond motifs is 2. The lowest BCUT2D eigenvalue weighted by molar-refractivity contribution is 0.0594. The molecule has 0 radical (unpaired) electrons. The van der Waals surface area contributed by atoms with Gasteiger partial charge < -0.3 is 19.4 Å². The highest BCUT2D eigenvalue weighted by Crippen LogP contribution is 2.46. The van der Waals surface area contributed by atoms with E-state index in [1.54, 1.807) is 41.1 Å². The van der Waals surface area contributed by atoms with Crippen LogP contribution in [0, 0.1) is 12.3 Å². The van der Waals surface area contributed by atoms with Crippen molar-refractivity contribution in [3.8, 4) is 11.8 Å². The number of hydrogen-bond acceptors (Lipinski definition) is 7. The fourth-order valence-electron chi connectivity index (χ4n) is 6.10. The second-order valence-corrected chi connectivity index (χ2v) is 11.5. The van der Waals surface area contributed by atoms with E-state index in [1.165, 1.54) is 7.11 Å². The molecule has 1 N–H and O–H groups in total. The average Bonchev–Trinajstić information content (AvgIpc) is 3.60. The number of aromatic amines is 1. The quantitative estimate of drug-likeness (QED) is 0.252. The summed E-state index contributed by atoms with van der Waals surface area (Å²) in [6.45, 7) is 11.1. The molecule has 1 aliphatic heterocycles. The van der Waals surface area contributed by atoms with E-state index in [-0.39, 0.29) is 29.2 Å². The molecule has 2 aliphatic rings. The maximum absolute atomic E-state index is 13.5. The summed E-state index contributed by atoms with van der Waals surface area (Å²) in [7, 11) is 1.33. The van der Waals surface area contributed by atoms with Gasteiger partial charge in [0.1, 0.15) is 11.4 Å². The van der Waals surface area contributed by atoms with E-state index in [4.69, 9.17) is 9.47 Å². The second kappa shape index (κ2) is 10.3. The first-order chi connectivity index (χ1) is 20.1. The number of aryl methyl sites for hydroxylation is 1. The Balaban J connectivity index is 1.16. The Morgan fingerprint density at radius 2 is 1.88 bits per heavy atom. The maximum atomic E-state index is 13.5. The highest BCUT2D eigenvalue weighted by atomic mass is 16.5. The SMILES string of the molecule is C=C1C(=O)c2c(cnn2C(C)C)CC12CCN(C(=O)c1ccc3nc(Oc4ccc(C)c(C(=O)OC)c4)[nH]c3c1)CC2. The van der Waals surface area contributed by atoms with Gasteiger partial charge in [0.2, 0.25) is 5.78 Å². The number of ether oxygens (including phenoxy) is 2. The number of rotatable bonds is 5. The fourth-order valence-corrected chi connectivity index (χ4v) is 6.10. The Bertz CT molecular complexity index is 1760. The zero-order valence-electron chi connectivity index (χ0n) is 24.2. The molecule has 0 atom stereocenters. The van der Waals surface area contributed by atoms with Gasteiger partial charge in [-0.1, -0.05) is 12.6 Å². The Labute approximate surface area is 243 Å². The number of amides is 1. The first-order valence-corrected chi connectivity index (χ1v) is 14.1. The highest BCUT2D eigenvalue weighted by molar-refractivity contribution is 6.10. The zero-order valence-corrected chi connectivity index (χ0v) is 24.2. The lowest BCUT2D eigenvalue weighted by atomic mass is 9.64. The summed E-state index contributed by atoms with van der Waals surface area (Å²) >= 11 is 0. The zero-order chi connectivity index (χ0) is 29.8. The monoisotopic (exact) mass is 567 g/mol. The standard InChI is InChI=1S/C32H33N5O5/c1-18(2)37-27-22(17-33-37)16-32(20(4)28(27)38)10-12-36(13-11-32)29(39)21-7-9-25-26(14-21)35-31(34-25)42-23-8-6-19(3)24(15-23)30(40)41-5/h6-9,14-15,17-18H,4,10-13,16H2,1-3,5H3,(H,34,35). The fraction of sp³-hybridized carbons (Fsp3) is 0.344. The number of methoxy groups -OCH3 is 1. The molecule has 2 aromatic carbocycles. The number of ketones is 1. The second-order valence-electron chi connectivity index (χ2n) is 11.5. The van der Waals surface area contributed by atoms with Gasteiger partial charge in [-0.2, -0.15) is 10.1 Å². The van der Waals surface area contributed by atoms with E-state index in [1.807, 2.05) is 31.9 Å². The van der Waals surface area contributed by atoms with Crippen LogP contribution >= 0.6 is 0 Å². The molecule has 0 unspecified atom stereocenters. The van der Waals surface area contributed by atoms with Crippen molar-refractivity contribution in [3.63, 3.8) is 0 Å². The van der Waals surface area contributed by atoms with Gasteiger partial charge in [-0.15, -0.1) is 0 Å². The lowest BCUT2D eigenvalue weighted by Gasteiger charge is -2.44. The van der Waals surface area contributed by atoms with Crippen LogP contribution in [0.4, 0.5) is 0 Å². The van der Waals surface area contributed by atoms with E-state index in [9.17, 15) is 14.4 Å². The van der Waals surface area contributed by atoms with Crippen LogP contribution in [0.25, 0.3) is 11.0 Å². The molecule has 10 heteroatoms. The number of H-pyrrole nitrogens is 1. The third-order valence-corrected chi connectivity index (χ3v) is 8.56. The number of imidazole rings is 1. The summed E-state index contributed by atoms with van der Waals surface area (Å²) in [6, 6.07) is 10.8. The molecule has 10 nitrogen and oxygen atoms in total. The Kier molecular flexibility index (Phi) is 6.71. The first kappa shape index (κ1) is 27.4. The molecule has 2 aromatic heterocycles. The highest BCUT2D eigenvalue weighted by Gasteiger charge is 2.46. The van der Waals surface area contributed by atoms with E-state index >= 15 is 0 Å².